The van der Waals surface area contributed by atoms with E-state index in [9.17, 15) is 4.79 Å². The van der Waals surface area contributed by atoms with Crippen molar-refractivity contribution in [1.29, 1.82) is 0 Å². The van der Waals surface area contributed by atoms with Crippen molar-refractivity contribution in [3.05, 3.63) is 5.82 Å². The first-order valence-corrected chi connectivity index (χ1v) is 6.45. The van der Waals surface area contributed by atoms with Gasteiger partial charge in [-0.25, -0.2) is 0 Å². The third-order valence-electron chi connectivity index (χ3n) is 2.88. The number of carbonyl (C=O) groups is 1. The van der Waals surface area contributed by atoms with Gasteiger partial charge in [-0.15, -0.1) is 10.2 Å². The fourth-order valence-electron chi connectivity index (χ4n) is 1.94. The van der Waals surface area contributed by atoms with Crippen LogP contribution in [0, 0.1) is 5.92 Å². The topological polar surface area (TPSA) is 110 Å². The Kier molecular flexibility index (Phi) is 6.93. The summed E-state index contributed by atoms with van der Waals surface area (Å²) in [6, 6.07) is 0. The first-order valence-electron chi connectivity index (χ1n) is 6.45. The zero-order valence-corrected chi connectivity index (χ0v) is 10.9. The molecule has 1 heterocycles. The van der Waals surface area contributed by atoms with Gasteiger partial charge in [-0.3, -0.25) is 4.79 Å². The molecule has 0 spiro atoms. The van der Waals surface area contributed by atoms with Crippen LogP contribution in [0.5, 0.6) is 0 Å². The predicted molar refractivity (Wildman–Crippen MR) is 67.3 cm³/mol. The molecule has 0 saturated carbocycles. The minimum Gasteiger partial charge on any atom is -0.349 e. The highest BCUT2D eigenvalue weighted by molar-refractivity contribution is 5.75. The Balaban J connectivity index is 2.18. The summed E-state index contributed by atoms with van der Waals surface area (Å²) in [7, 11) is 0. The van der Waals surface area contributed by atoms with E-state index in [0.29, 0.717) is 31.3 Å². The molecular formula is C11H22N6O. The number of rotatable bonds is 9. The summed E-state index contributed by atoms with van der Waals surface area (Å²) in [4.78, 5) is 11.6. The van der Waals surface area contributed by atoms with Gasteiger partial charge < -0.3 is 11.1 Å². The Labute approximate surface area is 107 Å². The molecule has 0 saturated heterocycles. The molecule has 1 aromatic heterocycles. The van der Waals surface area contributed by atoms with Gasteiger partial charge in [0.15, 0.2) is 5.82 Å². The second kappa shape index (κ2) is 8.57. The number of H-pyrrole nitrogens is 1. The minimum absolute atomic E-state index is 0.0259. The van der Waals surface area contributed by atoms with Gasteiger partial charge in [0.25, 0.3) is 0 Å². The first kappa shape index (κ1) is 14.6. The number of hydrogen-bond acceptors (Lipinski definition) is 5. The van der Waals surface area contributed by atoms with Gasteiger partial charge in [0.1, 0.15) is 0 Å². The predicted octanol–water partition coefficient (Wildman–Crippen LogP) is 0.361. The zero-order valence-electron chi connectivity index (χ0n) is 10.9. The number of amides is 1. The van der Waals surface area contributed by atoms with Crippen LogP contribution in [0.3, 0.4) is 0 Å². The molecule has 0 bridgehead atoms. The average Bonchev–Trinajstić information content (AvgIpc) is 2.87. The summed E-state index contributed by atoms with van der Waals surface area (Å²) in [5, 5.41) is 16.1. The van der Waals surface area contributed by atoms with Gasteiger partial charge in [-0.1, -0.05) is 25.0 Å². The normalized spacial score (nSPS) is 12.3. The molecule has 0 radical (unpaired) electrons. The Morgan fingerprint density at radius 2 is 2.28 bits per heavy atom. The third-order valence-corrected chi connectivity index (χ3v) is 2.88. The van der Waals surface area contributed by atoms with E-state index in [-0.39, 0.29) is 5.91 Å². The Hall–Kier alpha value is -1.50. The summed E-state index contributed by atoms with van der Waals surface area (Å²) in [5.74, 6) is 1.07. The fourth-order valence-corrected chi connectivity index (χ4v) is 1.94. The average molecular weight is 254 g/mol. The number of carbonyl (C=O) groups excluding carboxylic acids is 1. The molecule has 18 heavy (non-hydrogen) atoms. The number of aromatic nitrogens is 4. The lowest BCUT2D eigenvalue weighted by Gasteiger charge is -2.14. The number of hydrogen-bond donors (Lipinski definition) is 3. The monoisotopic (exact) mass is 254 g/mol. The maximum absolute atomic E-state index is 11.6. The van der Waals surface area contributed by atoms with Crippen LogP contribution in [0.4, 0.5) is 0 Å². The molecule has 0 aliphatic carbocycles. The van der Waals surface area contributed by atoms with E-state index in [1.807, 2.05) is 0 Å². The van der Waals surface area contributed by atoms with Crippen LogP contribution in [-0.2, 0) is 11.3 Å². The Morgan fingerprint density at radius 3 is 2.89 bits per heavy atom. The molecule has 1 rings (SSSR count). The highest BCUT2D eigenvalue weighted by Crippen LogP contribution is 2.16. The maximum atomic E-state index is 11.6. The molecule has 4 N–H and O–H groups in total. The minimum atomic E-state index is 0.0259. The van der Waals surface area contributed by atoms with Crippen molar-refractivity contribution in [1.82, 2.24) is 25.9 Å². The molecule has 1 atom stereocenters. The molecule has 102 valence electrons. The van der Waals surface area contributed by atoms with Gasteiger partial charge in [-0.2, -0.15) is 5.21 Å². The fraction of sp³-hybridized carbons (Fsp3) is 0.818. The van der Waals surface area contributed by atoms with E-state index in [1.165, 1.54) is 0 Å². The second-order valence-corrected chi connectivity index (χ2v) is 4.38. The van der Waals surface area contributed by atoms with E-state index in [2.05, 4.69) is 32.9 Å². The molecule has 7 nitrogen and oxygen atoms in total. The van der Waals surface area contributed by atoms with Crippen LogP contribution >= 0.6 is 0 Å². The lowest BCUT2D eigenvalue weighted by atomic mass is 9.94. The van der Waals surface area contributed by atoms with Crippen LogP contribution in [0.15, 0.2) is 0 Å². The van der Waals surface area contributed by atoms with Gasteiger partial charge in [0.2, 0.25) is 5.91 Å². The van der Waals surface area contributed by atoms with Crippen LogP contribution in [0.25, 0.3) is 0 Å². The highest BCUT2D eigenvalue weighted by Gasteiger charge is 2.10. The molecule has 1 amide bonds. The van der Waals surface area contributed by atoms with Crippen molar-refractivity contribution in [2.75, 3.05) is 6.54 Å². The molecule has 1 unspecified atom stereocenters. The summed E-state index contributed by atoms with van der Waals surface area (Å²) < 4.78 is 0. The van der Waals surface area contributed by atoms with E-state index in [4.69, 9.17) is 5.73 Å². The molecule has 7 heteroatoms. The molecule has 0 aliphatic heterocycles. The number of nitrogens with one attached hydrogen (secondary N) is 2. The zero-order chi connectivity index (χ0) is 13.2. The van der Waals surface area contributed by atoms with Crippen molar-refractivity contribution in [3.63, 3.8) is 0 Å². The van der Waals surface area contributed by atoms with E-state index in [0.717, 1.165) is 25.7 Å². The van der Waals surface area contributed by atoms with E-state index < -0.39 is 0 Å². The van der Waals surface area contributed by atoms with E-state index in [1.54, 1.807) is 0 Å². The summed E-state index contributed by atoms with van der Waals surface area (Å²) in [6.07, 6.45) is 4.68. The summed E-state index contributed by atoms with van der Waals surface area (Å²) >= 11 is 0. The Bertz CT molecular complexity index is 320. The standard InChI is InChI=1S/C11H22N6O/c1-2-3-9(6-7-12)4-5-11(18)13-8-10-14-16-17-15-10/h9H,2-8,12H2,1H3,(H,13,18)(H,14,15,16,17). The number of aromatic amines is 1. The van der Waals surface area contributed by atoms with Crippen molar-refractivity contribution in [2.24, 2.45) is 11.7 Å². The van der Waals surface area contributed by atoms with Crippen LogP contribution in [0.2, 0.25) is 0 Å². The van der Waals surface area contributed by atoms with Crippen LogP contribution in [-0.4, -0.2) is 33.1 Å². The van der Waals surface area contributed by atoms with Crippen molar-refractivity contribution >= 4 is 5.91 Å². The van der Waals surface area contributed by atoms with Crippen LogP contribution in [0.1, 0.15) is 44.9 Å². The van der Waals surface area contributed by atoms with Gasteiger partial charge in [-0.05, 0) is 25.3 Å². The maximum Gasteiger partial charge on any atom is 0.220 e. The van der Waals surface area contributed by atoms with Gasteiger partial charge >= 0.3 is 0 Å². The highest BCUT2D eigenvalue weighted by atomic mass is 16.1. The van der Waals surface area contributed by atoms with Gasteiger partial charge in [0, 0.05) is 6.42 Å². The largest absolute Gasteiger partial charge is 0.349 e. The second-order valence-electron chi connectivity index (χ2n) is 4.38. The smallest absolute Gasteiger partial charge is 0.220 e. The van der Waals surface area contributed by atoms with Crippen molar-refractivity contribution < 1.29 is 4.79 Å². The summed E-state index contributed by atoms with van der Waals surface area (Å²) in [5.41, 5.74) is 5.56. The van der Waals surface area contributed by atoms with Crippen LogP contribution < -0.4 is 11.1 Å². The van der Waals surface area contributed by atoms with Gasteiger partial charge in [0.05, 0.1) is 6.54 Å². The number of nitrogens with zero attached hydrogens (tertiary/aromatic N) is 3. The number of tetrazole rings is 1. The lowest BCUT2D eigenvalue weighted by Crippen LogP contribution is -2.24. The van der Waals surface area contributed by atoms with Crippen molar-refractivity contribution in [3.8, 4) is 0 Å². The third kappa shape index (κ3) is 5.72. The quantitative estimate of drug-likeness (QED) is 0.589. The Morgan fingerprint density at radius 1 is 1.44 bits per heavy atom. The molecular weight excluding hydrogens is 232 g/mol. The van der Waals surface area contributed by atoms with E-state index >= 15 is 0 Å². The SMILES string of the molecule is CCCC(CCN)CCC(=O)NCc1nn[nH]n1. The number of nitrogens with two attached hydrogens (primary N) is 1. The lowest BCUT2D eigenvalue weighted by molar-refractivity contribution is -0.121. The first-order chi connectivity index (χ1) is 8.76. The van der Waals surface area contributed by atoms with Crippen molar-refractivity contribution in [2.45, 2.75) is 45.6 Å². The molecule has 0 aliphatic rings. The summed E-state index contributed by atoms with van der Waals surface area (Å²) in [6.45, 7) is 3.17. The molecule has 0 aromatic carbocycles. The molecule has 0 fully saturated rings. The molecule has 1 aromatic rings.